The van der Waals surface area contributed by atoms with E-state index in [0.29, 0.717) is 11.3 Å². The molecule has 0 aromatic heterocycles. The van der Waals surface area contributed by atoms with E-state index in [0.717, 1.165) is 24.2 Å². The second kappa shape index (κ2) is 4.44. The number of hydrogen-bond acceptors (Lipinski definition) is 1. The van der Waals surface area contributed by atoms with E-state index in [4.69, 9.17) is 0 Å². The van der Waals surface area contributed by atoms with Gasteiger partial charge in [0, 0.05) is 5.92 Å². The monoisotopic (exact) mass is 268 g/mol. The van der Waals surface area contributed by atoms with E-state index in [9.17, 15) is 4.79 Å². The minimum atomic E-state index is 0.301. The third-order valence-electron chi connectivity index (χ3n) is 6.88. The Morgan fingerprint density at radius 3 is 2.85 bits per heavy atom. The van der Waals surface area contributed by atoms with Gasteiger partial charge in [0.1, 0.15) is 6.29 Å². The van der Waals surface area contributed by atoms with E-state index < -0.39 is 0 Å². The topological polar surface area (TPSA) is 17.1 Å². The van der Waals surface area contributed by atoms with Crippen LogP contribution in [0.4, 0.5) is 0 Å². The molecule has 4 rings (SSSR count). The molecule has 106 valence electrons. The van der Waals surface area contributed by atoms with Gasteiger partial charge >= 0.3 is 0 Å². The van der Waals surface area contributed by atoms with Crippen LogP contribution >= 0.6 is 0 Å². The largest absolute Gasteiger partial charge is 0.303 e. The van der Waals surface area contributed by atoms with Gasteiger partial charge in [0.05, 0.1) is 0 Å². The highest BCUT2D eigenvalue weighted by Crippen LogP contribution is 2.62. The highest BCUT2D eigenvalue weighted by atomic mass is 16.1. The zero-order valence-corrected chi connectivity index (χ0v) is 12.3. The van der Waals surface area contributed by atoms with Crippen molar-refractivity contribution in [3.8, 4) is 0 Å². The maximum absolute atomic E-state index is 11.4. The summed E-state index contributed by atoms with van der Waals surface area (Å²) in [7, 11) is 0. The van der Waals surface area contributed by atoms with Gasteiger partial charge in [-0.1, -0.05) is 31.2 Å². The lowest BCUT2D eigenvalue weighted by atomic mass is 9.54. The normalized spacial score (nSPS) is 42.5. The van der Waals surface area contributed by atoms with Crippen LogP contribution in [0.25, 0.3) is 0 Å². The number of rotatable bonds is 1. The number of benzene rings is 1. The molecule has 0 amide bonds. The molecule has 1 heteroatoms. The smallest absolute Gasteiger partial charge is 0.123 e. The third kappa shape index (κ3) is 1.58. The Morgan fingerprint density at radius 2 is 2.00 bits per heavy atom. The molecular formula is C19H24O. The summed E-state index contributed by atoms with van der Waals surface area (Å²) < 4.78 is 0. The number of fused-ring (bicyclic) bond motifs is 5. The summed E-state index contributed by atoms with van der Waals surface area (Å²) in [5.74, 6) is 2.70. The molecule has 0 radical (unpaired) electrons. The molecule has 5 atom stereocenters. The van der Waals surface area contributed by atoms with Crippen LogP contribution in [0.15, 0.2) is 24.3 Å². The molecule has 20 heavy (non-hydrogen) atoms. The summed E-state index contributed by atoms with van der Waals surface area (Å²) >= 11 is 0. The number of hydrogen-bond donors (Lipinski definition) is 0. The standard InChI is InChI=1S/C19H24O/c1-19-11-10-16-15-5-3-2-4-13(15)6-8-17(16)18(19)9-7-14(19)12-20/h2-5,12,14,16-18H,6-11H2,1H3/t14?,16-,17-,18+,19-/m1/s1. The average molecular weight is 268 g/mol. The van der Waals surface area contributed by atoms with E-state index in [1.54, 1.807) is 11.1 Å². The highest BCUT2D eigenvalue weighted by molar-refractivity contribution is 5.56. The van der Waals surface area contributed by atoms with Gasteiger partial charge in [0.2, 0.25) is 0 Å². The summed E-state index contributed by atoms with van der Waals surface area (Å²) in [6.07, 6.45) is 8.80. The van der Waals surface area contributed by atoms with E-state index in [-0.39, 0.29) is 0 Å². The van der Waals surface area contributed by atoms with Gasteiger partial charge in [0.25, 0.3) is 0 Å². The fourth-order valence-corrected chi connectivity index (χ4v) is 5.79. The van der Waals surface area contributed by atoms with Crippen molar-refractivity contribution in [2.45, 2.75) is 51.4 Å². The molecular weight excluding hydrogens is 244 g/mol. The van der Waals surface area contributed by atoms with Crippen LogP contribution in [-0.2, 0) is 11.2 Å². The molecule has 2 saturated carbocycles. The van der Waals surface area contributed by atoms with Crippen LogP contribution in [0.3, 0.4) is 0 Å². The fourth-order valence-electron chi connectivity index (χ4n) is 5.79. The zero-order valence-electron chi connectivity index (χ0n) is 12.3. The van der Waals surface area contributed by atoms with Crippen molar-refractivity contribution >= 4 is 6.29 Å². The van der Waals surface area contributed by atoms with Gasteiger partial charge in [-0.05, 0) is 72.8 Å². The van der Waals surface area contributed by atoms with Crippen molar-refractivity contribution in [1.82, 2.24) is 0 Å². The molecule has 0 bridgehead atoms. The van der Waals surface area contributed by atoms with Crippen molar-refractivity contribution < 1.29 is 4.79 Å². The Morgan fingerprint density at radius 1 is 1.15 bits per heavy atom. The second-order valence-electron chi connectivity index (χ2n) is 7.48. The second-order valence-corrected chi connectivity index (χ2v) is 7.48. The lowest BCUT2D eigenvalue weighted by Gasteiger charge is -2.50. The molecule has 0 saturated heterocycles. The van der Waals surface area contributed by atoms with Crippen molar-refractivity contribution in [2.75, 3.05) is 0 Å². The minimum Gasteiger partial charge on any atom is -0.303 e. The predicted octanol–water partition coefficient (Wildman–Crippen LogP) is 4.36. The Kier molecular flexibility index (Phi) is 2.80. The van der Waals surface area contributed by atoms with Gasteiger partial charge in [-0.3, -0.25) is 0 Å². The first-order valence-corrected chi connectivity index (χ1v) is 8.27. The van der Waals surface area contributed by atoms with Gasteiger partial charge in [-0.15, -0.1) is 0 Å². The Balaban J connectivity index is 1.70. The van der Waals surface area contributed by atoms with Crippen molar-refractivity contribution in [3.05, 3.63) is 35.4 Å². The fraction of sp³-hybridized carbons (Fsp3) is 0.632. The third-order valence-corrected chi connectivity index (χ3v) is 6.88. The first kappa shape index (κ1) is 12.6. The molecule has 3 aliphatic carbocycles. The van der Waals surface area contributed by atoms with Gasteiger partial charge in [-0.2, -0.15) is 0 Å². The van der Waals surface area contributed by atoms with Crippen LogP contribution in [0.1, 0.15) is 56.1 Å². The number of aldehydes is 1. The lowest BCUT2D eigenvalue weighted by Crippen LogP contribution is -2.42. The van der Waals surface area contributed by atoms with Crippen LogP contribution in [0, 0.1) is 23.2 Å². The molecule has 2 fully saturated rings. The molecule has 1 aromatic rings. The molecule has 0 N–H and O–H groups in total. The summed E-state index contributed by atoms with van der Waals surface area (Å²) in [4.78, 5) is 11.4. The quantitative estimate of drug-likeness (QED) is 0.692. The minimum absolute atomic E-state index is 0.301. The number of carbonyl (C=O) groups is 1. The van der Waals surface area contributed by atoms with Gasteiger partial charge in [-0.25, -0.2) is 0 Å². The maximum Gasteiger partial charge on any atom is 0.123 e. The molecule has 1 aromatic carbocycles. The van der Waals surface area contributed by atoms with E-state index in [1.165, 1.54) is 38.4 Å². The molecule has 1 unspecified atom stereocenters. The highest BCUT2D eigenvalue weighted by Gasteiger charge is 2.54. The van der Waals surface area contributed by atoms with Crippen molar-refractivity contribution in [1.29, 1.82) is 0 Å². The lowest BCUT2D eigenvalue weighted by molar-refractivity contribution is -0.115. The van der Waals surface area contributed by atoms with E-state index in [2.05, 4.69) is 31.2 Å². The molecule has 1 nitrogen and oxygen atoms in total. The number of carbonyl (C=O) groups excluding carboxylic acids is 1. The predicted molar refractivity (Wildman–Crippen MR) is 80.6 cm³/mol. The molecule has 0 heterocycles. The van der Waals surface area contributed by atoms with Crippen LogP contribution < -0.4 is 0 Å². The summed E-state index contributed by atoms with van der Waals surface area (Å²) in [6.45, 7) is 2.40. The number of aryl methyl sites for hydroxylation is 1. The SMILES string of the molecule is C[C@]12CC[C@@H]3c4ccccc4CC[C@H]3[C@@H]1CCC2C=O. The van der Waals surface area contributed by atoms with Crippen LogP contribution in [0.5, 0.6) is 0 Å². The average Bonchev–Trinajstić information content (AvgIpc) is 2.83. The maximum atomic E-state index is 11.4. The molecule has 3 aliphatic rings. The molecule has 0 spiro atoms. The molecule has 0 aliphatic heterocycles. The van der Waals surface area contributed by atoms with E-state index >= 15 is 0 Å². The first-order chi connectivity index (χ1) is 9.74. The zero-order chi connectivity index (χ0) is 13.7. The summed E-state index contributed by atoms with van der Waals surface area (Å²) in [6, 6.07) is 9.07. The van der Waals surface area contributed by atoms with E-state index in [1.807, 2.05) is 0 Å². The van der Waals surface area contributed by atoms with Crippen molar-refractivity contribution in [2.24, 2.45) is 23.2 Å². The Hall–Kier alpha value is -1.11. The van der Waals surface area contributed by atoms with Gasteiger partial charge in [0.15, 0.2) is 0 Å². The Bertz CT molecular complexity index is 534. The van der Waals surface area contributed by atoms with Gasteiger partial charge < -0.3 is 4.79 Å². The summed E-state index contributed by atoms with van der Waals surface area (Å²) in [5, 5.41) is 0. The van der Waals surface area contributed by atoms with Crippen molar-refractivity contribution in [3.63, 3.8) is 0 Å². The summed E-state index contributed by atoms with van der Waals surface area (Å²) in [5.41, 5.74) is 3.51. The van der Waals surface area contributed by atoms with Crippen LogP contribution in [-0.4, -0.2) is 6.29 Å². The van der Waals surface area contributed by atoms with Crippen LogP contribution in [0.2, 0.25) is 0 Å². The first-order valence-electron chi connectivity index (χ1n) is 8.27. The Labute approximate surface area is 121 Å².